The molecule has 0 aliphatic heterocycles. The van der Waals surface area contributed by atoms with Gasteiger partial charge in [-0.25, -0.2) is 0 Å². The third-order valence-corrected chi connectivity index (χ3v) is 6.99. The molecule has 5 nitrogen and oxygen atoms in total. The Morgan fingerprint density at radius 2 is 1.73 bits per heavy atom. The minimum Gasteiger partial charge on any atom is -0.497 e. The van der Waals surface area contributed by atoms with Crippen LogP contribution in [0, 0.1) is 0 Å². The van der Waals surface area contributed by atoms with Gasteiger partial charge in [0, 0.05) is 12.6 Å². The molecule has 3 aromatic rings. The maximum Gasteiger partial charge on any atom is 0.265 e. The van der Waals surface area contributed by atoms with Crippen molar-refractivity contribution < 1.29 is 14.3 Å². The highest BCUT2D eigenvalue weighted by molar-refractivity contribution is 7.12. The molecule has 2 aromatic carbocycles. The fourth-order valence-corrected chi connectivity index (χ4v) is 5.06. The number of carbonyl (C=O) groups excluding carboxylic acids is 2. The van der Waals surface area contributed by atoms with Crippen molar-refractivity contribution in [3.05, 3.63) is 88.1 Å². The summed E-state index contributed by atoms with van der Waals surface area (Å²) in [6.45, 7) is 0.318. The fraction of sp³-hybridized carbons (Fsp3) is 0.333. The van der Waals surface area contributed by atoms with Gasteiger partial charge in [-0.15, -0.1) is 11.3 Å². The Morgan fingerprint density at radius 3 is 2.36 bits per heavy atom. The first-order valence-corrected chi connectivity index (χ1v) is 12.4. The summed E-state index contributed by atoms with van der Waals surface area (Å²) >= 11 is 1.39. The molecule has 4 rings (SSSR count). The molecule has 1 aromatic heterocycles. The van der Waals surface area contributed by atoms with Crippen LogP contribution in [0.5, 0.6) is 5.75 Å². The molecule has 1 aliphatic rings. The monoisotopic (exact) mass is 462 g/mol. The fourth-order valence-electron chi connectivity index (χ4n) is 4.39. The molecular weight excluding hydrogens is 432 g/mol. The lowest BCUT2D eigenvalue weighted by Gasteiger charge is -2.33. The van der Waals surface area contributed by atoms with Crippen LogP contribution in [0.15, 0.2) is 72.1 Å². The number of rotatable bonds is 8. The maximum absolute atomic E-state index is 13.7. The second-order valence-electron chi connectivity index (χ2n) is 8.42. The first-order chi connectivity index (χ1) is 16.2. The Morgan fingerprint density at radius 1 is 1.00 bits per heavy atom. The first kappa shape index (κ1) is 23.1. The van der Waals surface area contributed by atoms with Crippen molar-refractivity contribution in [3.63, 3.8) is 0 Å². The predicted molar refractivity (Wildman–Crippen MR) is 131 cm³/mol. The van der Waals surface area contributed by atoms with E-state index in [-0.39, 0.29) is 17.9 Å². The van der Waals surface area contributed by atoms with Crippen molar-refractivity contribution in [1.29, 1.82) is 0 Å². The van der Waals surface area contributed by atoms with Crippen LogP contribution >= 0.6 is 11.3 Å². The van der Waals surface area contributed by atoms with Crippen molar-refractivity contribution in [2.24, 2.45) is 0 Å². The second-order valence-corrected chi connectivity index (χ2v) is 9.36. The quantitative estimate of drug-likeness (QED) is 0.475. The molecule has 1 heterocycles. The number of methoxy groups -OCH3 is 1. The summed E-state index contributed by atoms with van der Waals surface area (Å²) in [6.07, 6.45) is 5.46. The number of nitrogens with one attached hydrogen (secondary N) is 1. The molecule has 0 saturated heterocycles. The van der Waals surface area contributed by atoms with Gasteiger partial charge >= 0.3 is 0 Å². The van der Waals surface area contributed by atoms with Gasteiger partial charge in [-0.2, -0.15) is 0 Å². The Labute approximate surface area is 199 Å². The van der Waals surface area contributed by atoms with Crippen molar-refractivity contribution in [3.8, 4) is 5.75 Å². The molecule has 1 aliphatic carbocycles. The molecule has 1 atom stereocenters. The molecule has 6 heteroatoms. The van der Waals surface area contributed by atoms with Crippen LogP contribution in [-0.4, -0.2) is 29.9 Å². The average molecular weight is 463 g/mol. The topological polar surface area (TPSA) is 58.6 Å². The van der Waals surface area contributed by atoms with Crippen molar-refractivity contribution in [1.82, 2.24) is 10.2 Å². The van der Waals surface area contributed by atoms with Crippen LogP contribution in [0.4, 0.5) is 0 Å². The second kappa shape index (κ2) is 11.1. The molecule has 33 heavy (non-hydrogen) atoms. The smallest absolute Gasteiger partial charge is 0.265 e. The van der Waals surface area contributed by atoms with Gasteiger partial charge in [-0.3, -0.25) is 9.59 Å². The van der Waals surface area contributed by atoms with Crippen molar-refractivity contribution in [2.75, 3.05) is 7.11 Å². The van der Waals surface area contributed by atoms with E-state index in [2.05, 4.69) is 5.32 Å². The van der Waals surface area contributed by atoms with Crippen LogP contribution in [0.1, 0.15) is 58.9 Å². The molecule has 0 unspecified atom stereocenters. The van der Waals surface area contributed by atoms with Gasteiger partial charge < -0.3 is 15.0 Å². The van der Waals surface area contributed by atoms with E-state index < -0.39 is 6.04 Å². The van der Waals surface area contributed by atoms with Gasteiger partial charge in [0.15, 0.2) is 0 Å². The SMILES string of the molecule is COc1ccc(CN(C(=O)c2cccs2)[C@H](C(=O)NC2CCCCC2)c2ccccc2)cc1. The van der Waals surface area contributed by atoms with E-state index in [1.807, 2.05) is 72.1 Å². The molecule has 0 spiro atoms. The zero-order valence-electron chi connectivity index (χ0n) is 18.9. The molecule has 0 bridgehead atoms. The summed E-state index contributed by atoms with van der Waals surface area (Å²) in [6, 6.07) is 20.4. The number of hydrogen-bond donors (Lipinski definition) is 1. The van der Waals surface area contributed by atoms with E-state index in [0.717, 1.165) is 42.6 Å². The standard InChI is InChI=1S/C27H30N2O3S/c1-32-23-16-14-20(15-17-23)19-29(27(31)24-13-8-18-33-24)25(21-9-4-2-5-10-21)26(30)28-22-11-6-3-7-12-22/h2,4-5,8-10,13-18,22,25H,3,6-7,11-12,19H2,1H3,(H,28,30)/t25-/m0/s1. The summed E-state index contributed by atoms with van der Waals surface area (Å²) < 4.78 is 5.28. The van der Waals surface area contributed by atoms with E-state index in [1.54, 1.807) is 12.0 Å². The van der Waals surface area contributed by atoms with E-state index in [0.29, 0.717) is 11.4 Å². The number of benzene rings is 2. The van der Waals surface area contributed by atoms with Crippen molar-refractivity contribution in [2.45, 2.75) is 50.7 Å². The lowest BCUT2D eigenvalue weighted by Crippen LogP contribution is -2.46. The minimum absolute atomic E-state index is 0.119. The third kappa shape index (κ3) is 5.82. The summed E-state index contributed by atoms with van der Waals surface area (Å²) in [5.41, 5.74) is 1.75. The Hall–Kier alpha value is -3.12. The molecule has 2 amide bonds. The number of amides is 2. The Kier molecular flexibility index (Phi) is 7.79. The highest BCUT2D eigenvalue weighted by atomic mass is 32.1. The Balaban J connectivity index is 1.69. The average Bonchev–Trinajstić information content (AvgIpc) is 3.40. The van der Waals surface area contributed by atoms with E-state index >= 15 is 0 Å². The normalized spacial score (nSPS) is 14.9. The van der Waals surface area contributed by atoms with Crippen LogP contribution in [-0.2, 0) is 11.3 Å². The summed E-state index contributed by atoms with van der Waals surface area (Å²) in [7, 11) is 1.63. The van der Waals surface area contributed by atoms with Gasteiger partial charge in [0.25, 0.3) is 5.91 Å². The Bertz CT molecular complexity index is 1030. The summed E-state index contributed by atoms with van der Waals surface area (Å²) in [5.74, 6) is 0.490. The zero-order valence-corrected chi connectivity index (χ0v) is 19.7. The van der Waals surface area contributed by atoms with Crippen LogP contribution < -0.4 is 10.1 Å². The molecule has 172 valence electrons. The van der Waals surface area contributed by atoms with Gasteiger partial charge in [-0.05, 0) is 47.5 Å². The van der Waals surface area contributed by atoms with Gasteiger partial charge in [-0.1, -0.05) is 67.8 Å². The zero-order chi connectivity index (χ0) is 23.0. The highest BCUT2D eigenvalue weighted by Gasteiger charge is 2.33. The van der Waals surface area contributed by atoms with E-state index in [1.165, 1.54) is 17.8 Å². The number of ether oxygens (including phenoxy) is 1. The molecule has 0 radical (unpaired) electrons. The van der Waals surface area contributed by atoms with E-state index in [9.17, 15) is 9.59 Å². The predicted octanol–water partition coefficient (Wildman–Crippen LogP) is 5.59. The van der Waals surface area contributed by atoms with Gasteiger partial charge in [0.05, 0.1) is 12.0 Å². The highest BCUT2D eigenvalue weighted by Crippen LogP contribution is 2.28. The largest absolute Gasteiger partial charge is 0.497 e. The van der Waals surface area contributed by atoms with Gasteiger partial charge in [0.2, 0.25) is 5.91 Å². The summed E-state index contributed by atoms with van der Waals surface area (Å²) in [4.78, 5) is 29.7. The summed E-state index contributed by atoms with van der Waals surface area (Å²) in [5, 5.41) is 5.14. The molecule has 1 fully saturated rings. The molecule has 1 saturated carbocycles. The van der Waals surface area contributed by atoms with Gasteiger partial charge in [0.1, 0.15) is 11.8 Å². The third-order valence-electron chi connectivity index (χ3n) is 6.13. The lowest BCUT2D eigenvalue weighted by atomic mass is 9.94. The maximum atomic E-state index is 13.7. The molecule has 1 N–H and O–H groups in total. The number of nitrogens with zero attached hydrogens (tertiary/aromatic N) is 1. The van der Waals surface area contributed by atoms with E-state index in [4.69, 9.17) is 4.74 Å². The number of carbonyl (C=O) groups is 2. The lowest BCUT2D eigenvalue weighted by molar-refractivity contribution is -0.127. The van der Waals surface area contributed by atoms with Crippen molar-refractivity contribution >= 4 is 23.2 Å². The minimum atomic E-state index is -0.718. The molecular formula is C27H30N2O3S. The van der Waals surface area contributed by atoms with Crippen LogP contribution in [0.3, 0.4) is 0 Å². The number of thiophene rings is 1. The number of hydrogen-bond acceptors (Lipinski definition) is 4. The van der Waals surface area contributed by atoms with Crippen LogP contribution in [0.2, 0.25) is 0 Å². The first-order valence-electron chi connectivity index (χ1n) is 11.5. The van der Waals surface area contributed by atoms with Crippen LogP contribution in [0.25, 0.3) is 0 Å².